The molecule has 3 rings (SSSR count). The molecule has 1 fully saturated rings. The maximum atomic E-state index is 13.1. The monoisotopic (exact) mass is 353 g/mol. The molecule has 1 saturated heterocycles. The van der Waals surface area contributed by atoms with Crippen molar-refractivity contribution >= 4 is 22.7 Å². The Kier molecular flexibility index (Phi) is 5.55. The van der Waals surface area contributed by atoms with Crippen LogP contribution in [0.5, 0.6) is 0 Å². The number of nitrogens with one attached hydrogen (secondary N) is 1. The van der Waals surface area contributed by atoms with Gasteiger partial charge in [0.05, 0.1) is 11.1 Å². The zero-order chi connectivity index (χ0) is 18.7. The van der Waals surface area contributed by atoms with Crippen molar-refractivity contribution in [1.82, 2.24) is 15.2 Å². The summed E-state index contributed by atoms with van der Waals surface area (Å²) in [6.07, 6.45) is 2.39. The Morgan fingerprint density at radius 2 is 1.92 bits per heavy atom. The fourth-order valence-electron chi connectivity index (χ4n) is 3.56. The number of amides is 2. The SMILES string of the molecule is CCCNC(=O)C1CCN(C(=O)c2cc(C)nc3ccc(C)cc23)CC1. The van der Waals surface area contributed by atoms with Crippen LogP contribution in [-0.2, 0) is 4.79 Å². The lowest BCUT2D eigenvalue weighted by Crippen LogP contribution is -2.43. The molecule has 1 aromatic carbocycles. The first-order valence-electron chi connectivity index (χ1n) is 9.44. The van der Waals surface area contributed by atoms with E-state index in [0.717, 1.165) is 48.0 Å². The van der Waals surface area contributed by atoms with Gasteiger partial charge in [-0.15, -0.1) is 0 Å². The van der Waals surface area contributed by atoms with Crippen molar-refractivity contribution < 1.29 is 9.59 Å². The number of benzene rings is 1. The second-order valence-electron chi connectivity index (χ2n) is 7.19. The molecule has 1 aliphatic rings. The standard InChI is InChI=1S/C21H27N3O2/c1-4-9-22-20(25)16-7-10-24(11-8-16)21(26)18-13-15(3)23-19-6-5-14(2)12-17(18)19/h5-6,12-13,16H,4,7-11H2,1-3H3,(H,22,25). The van der Waals surface area contributed by atoms with Crippen molar-refractivity contribution in [2.24, 2.45) is 5.92 Å². The highest BCUT2D eigenvalue weighted by Crippen LogP contribution is 2.24. The predicted molar refractivity (Wildman–Crippen MR) is 103 cm³/mol. The first-order chi connectivity index (χ1) is 12.5. The lowest BCUT2D eigenvalue weighted by molar-refractivity contribution is -0.126. The molecule has 1 N–H and O–H groups in total. The molecule has 2 amide bonds. The third-order valence-corrected chi connectivity index (χ3v) is 5.02. The molecule has 0 atom stereocenters. The molecule has 26 heavy (non-hydrogen) atoms. The summed E-state index contributed by atoms with van der Waals surface area (Å²) in [7, 11) is 0. The minimum absolute atomic E-state index is 0.0174. The number of aromatic nitrogens is 1. The molecule has 0 spiro atoms. The number of aryl methyl sites for hydroxylation is 2. The third-order valence-electron chi connectivity index (χ3n) is 5.02. The van der Waals surface area contributed by atoms with E-state index in [9.17, 15) is 9.59 Å². The Balaban J connectivity index is 1.76. The summed E-state index contributed by atoms with van der Waals surface area (Å²) in [5.41, 5.74) is 3.53. The van der Waals surface area contributed by atoms with Gasteiger partial charge in [0.15, 0.2) is 0 Å². The minimum atomic E-state index is 0.0174. The van der Waals surface area contributed by atoms with Crippen LogP contribution in [0.3, 0.4) is 0 Å². The van der Waals surface area contributed by atoms with Crippen LogP contribution >= 0.6 is 0 Å². The number of pyridine rings is 1. The van der Waals surface area contributed by atoms with Crippen molar-refractivity contribution in [3.05, 3.63) is 41.1 Å². The number of likely N-dealkylation sites (tertiary alicyclic amines) is 1. The second kappa shape index (κ2) is 7.85. The molecule has 0 saturated carbocycles. The number of piperidine rings is 1. The molecule has 0 unspecified atom stereocenters. The van der Waals surface area contributed by atoms with Crippen LogP contribution < -0.4 is 5.32 Å². The van der Waals surface area contributed by atoms with E-state index in [0.29, 0.717) is 18.7 Å². The van der Waals surface area contributed by atoms with E-state index in [2.05, 4.69) is 10.3 Å². The average molecular weight is 353 g/mol. The Morgan fingerprint density at radius 3 is 2.62 bits per heavy atom. The average Bonchev–Trinajstić information content (AvgIpc) is 2.65. The largest absolute Gasteiger partial charge is 0.356 e. The van der Waals surface area contributed by atoms with E-state index >= 15 is 0 Å². The maximum Gasteiger partial charge on any atom is 0.254 e. The van der Waals surface area contributed by atoms with Gasteiger partial charge >= 0.3 is 0 Å². The van der Waals surface area contributed by atoms with Crippen molar-refractivity contribution in [1.29, 1.82) is 0 Å². The molecule has 1 aromatic heterocycles. The molecule has 1 aliphatic heterocycles. The Labute approximate surface area is 154 Å². The molecule has 2 aromatic rings. The molecule has 5 heteroatoms. The van der Waals surface area contributed by atoms with Crippen molar-refractivity contribution in [3.63, 3.8) is 0 Å². The fraction of sp³-hybridized carbons (Fsp3) is 0.476. The summed E-state index contributed by atoms with van der Waals surface area (Å²) < 4.78 is 0. The lowest BCUT2D eigenvalue weighted by Gasteiger charge is -2.31. The van der Waals surface area contributed by atoms with Crippen molar-refractivity contribution in [3.8, 4) is 0 Å². The maximum absolute atomic E-state index is 13.1. The summed E-state index contributed by atoms with van der Waals surface area (Å²) in [5, 5.41) is 3.87. The number of rotatable bonds is 4. The summed E-state index contributed by atoms with van der Waals surface area (Å²) >= 11 is 0. The molecular formula is C21H27N3O2. The van der Waals surface area contributed by atoms with E-state index in [1.807, 2.05) is 49.9 Å². The molecule has 0 radical (unpaired) electrons. The first-order valence-corrected chi connectivity index (χ1v) is 9.44. The summed E-state index contributed by atoms with van der Waals surface area (Å²) in [6.45, 7) is 7.95. The van der Waals surface area contributed by atoms with E-state index in [4.69, 9.17) is 0 Å². The predicted octanol–water partition coefficient (Wildman–Crippen LogP) is 3.23. The molecular weight excluding hydrogens is 326 g/mol. The highest BCUT2D eigenvalue weighted by atomic mass is 16.2. The first kappa shape index (κ1) is 18.4. The van der Waals surface area contributed by atoms with Crippen LogP contribution in [0.2, 0.25) is 0 Å². The topological polar surface area (TPSA) is 62.3 Å². The zero-order valence-corrected chi connectivity index (χ0v) is 15.8. The lowest BCUT2D eigenvalue weighted by atomic mass is 9.95. The van der Waals surface area contributed by atoms with Gasteiger partial charge in [-0.1, -0.05) is 18.6 Å². The Morgan fingerprint density at radius 1 is 1.19 bits per heavy atom. The van der Waals surface area contributed by atoms with Crippen LogP contribution in [0.25, 0.3) is 10.9 Å². The molecule has 2 heterocycles. The summed E-state index contributed by atoms with van der Waals surface area (Å²) in [5.74, 6) is 0.182. The Bertz CT molecular complexity index is 823. The minimum Gasteiger partial charge on any atom is -0.356 e. The third kappa shape index (κ3) is 3.87. The molecule has 0 aliphatic carbocycles. The van der Waals surface area contributed by atoms with Crippen molar-refractivity contribution in [2.45, 2.75) is 40.0 Å². The second-order valence-corrected chi connectivity index (χ2v) is 7.19. The van der Waals surface area contributed by atoms with E-state index < -0.39 is 0 Å². The van der Waals surface area contributed by atoms with Crippen LogP contribution in [0.4, 0.5) is 0 Å². The summed E-state index contributed by atoms with van der Waals surface area (Å²) in [6, 6.07) is 7.90. The normalized spacial score (nSPS) is 15.3. The molecule has 0 bridgehead atoms. The van der Waals surface area contributed by atoms with Gasteiger partial charge < -0.3 is 10.2 Å². The van der Waals surface area contributed by atoms with Gasteiger partial charge in [0.2, 0.25) is 5.91 Å². The van der Waals surface area contributed by atoms with E-state index in [1.54, 1.807) is 0 Å². The van der Waals surface area contributed by atoms with Crippen LogP contribution in [0.15, 0.2) is 24.3 Å². The number of fused-ring (bicyclic) bond motifs is 1. The van der Waals surface area contributed by atoms with Gasteiger partial charge in [0, 0.05) is 36.6 Å². The van der Waals surface area contributed by atoms with Crippen molar-refractivity contribution in [2.75, 3.05) is 19.6 Å². The number of hydrogen-bond acceptors (Lipinski definition) is 3. The van der Waals surface area contributed by atoms with Gasteiger partial charge in [-0.05, 0) is 51.3 Å². The summed E-state index contributed by atoms with van der Waals surface area (Å²) in [4.78, 5) is 31.7. The highest BCUT2D eigenvalue weighted by molar-refractivity contribution is 6.06. The number of carbonyl (C=O) groups excluding carboxylic acids is 2. The van der Waals surface area contributed by atoms with Gasteiger partial charge in [-0.25, -0.2) is 0 Å². The van der Waals surface area contributed by atoms with Gasteiger partial charge in [-0.3, -0.25) is 14.6 Å². The molecule has 138 valence electrons. The number of carbonyl (C=O) groups is 2. The van der Waals surface area contributed by atoms with Gasteiger partial charge in [-0.2, -0.15) is 0 Å². The fourth-order valence-corrected chi connectivity index (χ4v) is 3.56. The van der Waals surface area contributed by atoms with Crippen LogP contribution in [0, 0.1) is 19.8 Å². The van der Waals surface area contributed by atoms with Gasteiger partial charge in [0.1, 0.15) is 0 Å². The highest BCUT2D eigenvalue weighted by Gasteiger charge is 2.28. The van der Waals surface area contributed by atoms with Crippen LogP contribution in [-0.4, -0.2) is 41.3 Å². The van der Waals surface area contributed by atoms with E-state index in [1.165, 1.54) is 0 Å². The van der Waals surface area contributed by atoms with Gasteiger partial charge in [0.25, 0.3) is 5.91 Å². The zero-order valence-electron chi connectivity index (χ0n) is 15.8. The smallest absolute Gasteiger partial charge is 0.254 e. The van der Waals surface area contributed by atoms with Crippen LogP contribution in [0.1, 0.15) is 47.8 Å². The number of nitrogens with zero attached hydrogens (tertiary/aromatic N) is 2. The molecule has 5 nitrogen and oxygen atoms in total. The Hall–Kier alpha value is -2.43. The number of hydrogen-bond donors (Lipinski definition) is 1. The van der Waals surface area contributed by atoms with E-state index in [-0.39, 0.29) is 17.7 Å². The quantitative estimate of drug-likeness (QED) is 0.918.